The monoisotopic (exact) mass is 278 g/mol. The Morgan fingerprint density at radius 1 is 1.35 bits per heavy atom. The van der Waals surface area contributed by atoms with Crippen LogP contribution in [0.15, 0.2) is 12.3 Å². The Balaban J connectivity index is 1.64. The summed E-state index contributed by atoms with van der Waals surface area (Å²) in [6, 6.07) is 2.14. The van der Waals surface area contributed by atoms with E-state index in [0.29, 0.717) is 6.54 Å². The molecular formula is C14H22N4O2. The molecule has 0 aliphatic carbocycles. The van der Waals surface area contributed by atoms with Crippen molar-refractivity contribution in [1.82, 2.24) is 20.0 Å². The van der Waals surface area contributed by atoms with Gasteiger partial charge in [0.15, 0.2) is 0 Å². The number of aromatic nitrogens is 2. The maximum Gasteiger partial charge on any atom is 0.237 e. The van der Waals surface area contributed by atoms with Crippen LogP contribution in [0.25, 0.3) is 0 Å². The number of carbonyl (C=O) groups excluding carboxylic acids is 1. The molecule has 0 aromatic carbocycles. The Morgan fingerprint density at radius 2 is 2.20 bits per heavy atom. The fourth-order valence-corrected chi connectivity index (χ4v) is 3.05. The Morgan fingerprint density at radius 3 is 2.95 bits per heavy atom. The van der Waals surface area contributed by atoms with Crippen LogP contribution in [0.1, 0.15) is 31.0 Å². The van der Waals surface area contributed by atoms with Crippen LogP contribution in [0.3, 0.4) is 0 Å². The second-order valence-electron chi connectivity index (χ2n) is 5.50. The SMILES string of the molecule is O=C(CN1CCOCC1)N1CCCC[C@@H]1c1ccn[nH]1. The van der Waals surface area contributed by atoms with Crippen LogP contribution in [-0.4, -0.2) is 65.3 Å². The zero-order valence-electron chi connectivity index (χ0n) is 11.8. The maximum atomic E-state index is 12.6. The molecule has 6 nitrogen and oxygen atoms in total. The number of rotatable bonds is 3. The van der Waals surface area contributed by atoms with E-state index in [0.717, 1.165) is 51.4 Å². The van der Waals surface area contributed by atoms with Gasteiger partial charge in [-0.3, -0.25) is 14.8 Å². The van der Waals surface area contributed by atoms with E-state index in [1.165, 1.54) is 6.42 Å². The number of hydrogen-bond acceptors (Lipinski definition) is 4. The Bertz CT molecular complexity index is 428. The second kappa shape index (κ2) is 6.37. The minimum Gasteiger partial charge on any atom is -0.379 e. The van der Waals surface area contributed by atoms with Crippen LogP contribution in [0.4, 0.5) is 0 Å². The number of nitrogens with one attached hydrogen (secondary N) is 1. The van der Waals surface area contributed by atoms with Crippen molar-refractivity contribution in [3.8, 4) is 0 Å². The van der Waals surface area contributed by atoms with Crippen molar-refractivity contribution in [2.45, 2.75) is 25.3 Å². The molecule has 2 fully saturated rings. The third kappa shape index (κ3) is 3.02. The number of hydrogen-bond donors (Lipinski definition) is 1. The Labute approximate surface area is 119 Å². The molecule has 0 unspecified atom stereocenters. The lowest BCUT2D eigenvalue weighted by atomic mass is 9.99. The maximum absolute atomic E-state index is 12.6. The first-order valence-corrected chi connectivity index (χ1v) is 7.43. The normalized spacial score (nSPS) is 24.8. The molecule has 2 aliphatic heterocycles. The summed E-state index contributed by atoms with van der Waals surface area (Å²) in [6.45, 7) is 4.54. The van der Waals surface area contributed by atoms with Gasteiger partial charge in [-0.05, 0) is 25.3 Å². The summed E-state index contributed by atoms with van der Waals surface area (Å²) in [5.74, 6) is 0.228. The van der Waals surface area contributed by atoms with Crippen LogP contribution >= 0.6 is 0 Å². The summed E-state index contributed by atoms with van der Waals surface area (Å²) in [6.07, 6.45) is 5.05. The van der Waals surface area contributed by atoms with E-state index in [1.807, 2.05) is 11.0 Å². The number of H-pyrrole nitrogens is 1. The van der Waals surface area contributed by atoms with Gasteiger partial charge in [-0.25, -0.2) is 0 Å². The van der Waals surface area contributed by atoms with Gasteiger partial charge in [0.2, 0.25) is 5.91 Å². The predicted octanol–water partition coefficient (Wildman–Crippen LogP) is 0.795. The van der Waals surface area contributed by atoms with Gasteiger partial charge in [-0.1, -0.05) is 0 Å². The first-order valence-electron chi connectivity index (χ1n) is 7.43. The second-order valence-corrected chi connectivity index (χ2v) is 5.50. The van der Waals surface area contributed by atoms with Gasteiger partial charge >= 0.3 is 0 Å². The molecule has 1 amide bonds. The summed E-state index contributed by atoms with van der Waals surface area (Å²) in [5, 5.41) is 7.03. The Hall–Kier alpha value is -1.40. The van der Waals surface area contributed by atoms with Gasteiger partial charge in [-0.15, -0.1) is 0 Å². The fourth-order valence-electron chi connectivity index (χ4n) is 3.05. The Kier molecular flexibility index (Phi) is 4.32. The average molecular weight is 278 g/mol. The number of morpholine rings is 1. The van der Waals surface area contributed by atoms with Crippen molar-refractivity contribution in [3.05, 3.63) is 18.0 Å². The van der Waals surface area contributed by atoms with Crippen molar-refractivity contribution in [3.63, 3.8) is 0 Å². The van der Waals surface area contributed by atoms with Gasteiger partial charge in [-0.2, -0.15) is 5.10 Å². The molecule has 110 valence electrons. The number of piperidine rings is 1. The van der Waals surface area contributed by atoms with E-state index < -0.39 is 0 Å². The molecule has 0 bridgehead atoms. The van der Waals surface area contributed by atoms with Gasteiger partial charge in [0.05, 0.1) is 31.5 Å². The lowest BCUT2D eigenvalue weighted by molar-refractivity contribution is -0.137. The molecule has 20 heavy (non-hydrogen) atoms. The minimum absolute atomic E-state index is 0.166. The smallest absolute Gasteiger partial charge is 0.237 e. The number of ether oxygens (including phenoxy) is 1. The molecule has 3 heterocycles. The van der Waals surface area contributed by atoms with Crippen molar-refractivity contribution < 1.29 is 9.53 Å². The first kappa shape index (κ1) is 13.6. The van der Waals surface area contributed by atoms with Crippen molar-refractivity contribution >= 4 is 5.91 Å². The number of likely N-dealkylation sites (tertiary alicyclic amines) is 1. The highest BCUT2D eigenvalue weighted by molar-refractivity contribution is 5.78. The third-order valence-corrected chi connectivity index (χ3v) is 4.17. The first-order chi connectivity index (χ1) is 9.84. The van der Waals surface area contributed by atoms with Crippen molar-refractivity contribution in [2.75, 3.05) is 39.4 Å². The highest BCUT2D eigenvalue weighted by Crippen LogP contribution is 2.29. The number of aromatic amines is 1. The minimum atomic E-state index is 0.166. The number of nitrogens with zero attached hydrogens (tertiary/aromatic N) is 3. The van der Waals surface area contributed by atoms with Crippen LogP contribution in [-0.2, 0) is 9.53 Å². The van der Waals surface area contributed by atoms with E-state index in [4.69, 9.17) is 4.74 Å². The third-order valence-electron chi connectivity index (χ3n) is 4.17. The summed E-state index contributed by atoms with van der Waals surface area (Å²) < 4.78 is 5.33. The molecule has 0 spiro atoms. The summed E-state index contributed by atoms with van der Waals surface area (Å²) in [4.78, 5) is 16.8. The summed E-state index contributed by atoms with van der Waals surface area (Å²) in [7, 11) is 0. The number of carbonyl (C=O) groups is 1. The molecule has 1 aromatic heterocycles. The van der Waals surface area contributed by atoms with E-state index in [1.54, 1.807) is 6.20 Å². The van der Waals surface area contributed by atoms with Crippen LogP contribution in [0.5, 0.6) is 0 Å². The van der Waals surface area contributed by atoms with E-state index in [-0.39, 0.29) is 11.9 Å². The van der Waals surface area contributed by atoms with E-state index in [2.05, 4.69) is 15.1 Å². The van der Waals surface area contributed by atoms with Crippen LogP contribution in [0, 0.1) is 0 Å². The molecule has 2 saturated heterocycles. The van der Waals surface area contributed by atoms with Crippen LogP contribution < -0.4 is 0 Å². The standard InChI is InChI=1S/C14H22N4O2/c19-14(11-17-7-9-20-10-8-17)18-6-2-1-3-13(18)12-4-5-15-16-12/h4-5,13H,1-3,6-11H2,(H,15,16)/t13-/m1/s1. The highest BCUT2D eigenvalue weighted by Gasteiger charge is 2.29. The number of amides is 1. The molecule has 1 N–H and O–H groups in total. The molecule has 1 aromatic rings. The predicted molar refractivity (Wildman–Crippen MR) is 74.2 cm³/mol. The van der Waals surface area contributed by atoms with Gasteiger partial charge < -0.3 is 9.64 Å². The van der Waals surface area contributed by atoms with E-state index in [9.17, 15) is 4.79 Å². The lowest BCUT2D eigenvalue weighted by Gasteiger charge is -2.37. The average Bonchev–Trinajstić information content (AvgIpc) is 3.02. The van der Waals surface area contributed by atoms with E-state index >= 15 is 0 Å². The van der Waals surface area contributed by atoms with Crippen molar-refractivity contribution in [2.24, 2.45) is 0 Å². The lowest BCUT2D eigenvalue weighted by Crippen LogP contribution is -2.47. The summed E-state index contributed by atoms with van der Waals surface area (Å²) in [5.41, 5.74) is 1.06. The zero-order chi connectivity index (χ0) is 13.8. The molecule has 0 radical (unpaired) electrons. The van der Waals surface area contributed by atoms with Crippen LogP contribution in [0.2, 0.25) is 0 Å². The molecular weight excluding hydrogens is 256 g/mol. The zero-order valence-corrected chi connectivity index (χ0v) is 11.8. The van der Waals surface area contributed by atoms with Gasteiger partial charge in [0.1, 0.15) is 0 Å². The topological polar surface area (TPSA) is 61.5 Å². The molecule has 2 aliphatic rings. The summed E-state index contributed by atoms with van der Waals surface area (Å²) >= 11 is 0. The fraction of sp³-hybridized carbons (Fsp3) is 0.714. The highest BCUT2D eigenvalue weighted by atomic mass is 16.5. The quantitative estimate of drug-likeness (QED) is 0.888. The van der Waals surface area contributed by atoms with Gasteiger partial charge in [0, 0.05) is 25.8 Å². The molecule has 6 heteroatoms. The molecule has 3 rings (SSSR count). The van der Waals surface area contributed by atoms with Gasteiger partial charge in [0.25, 0.3) is 0 Å². The molecule has 0 saturated carbocycles. The molecule has 1 atom stereocenters. The van der Waals surface area contributed by atoms with Crippen molar-refractivity contribution in [1.29, 1.82) is 0 Å². The largest absolute Gasteiger partial charge is 0.379 e.